The Balaban J connectivity index is 1.91. The number of rotatable bonds is 4. The molecule has 0 aliphatic carbocycles. The van der Waals surface area contributed by atoms with Crippen LogP contribution in [-0.4, -0.2) is 34.2 Å². The fourth-order valence-corrected chi connectivity index (χ4v) is 3.66. The number of piperidine rings is 1. The highest BCUT2D eigenvalue weighted by molar-refractivity contribution is 5.94. The van der Waals surface area contributed by atoms with Crippen molar-refractivity contribution in [2.75, 3.05) is 18.0 Å². The van der Waals surface area contributed by atoms with Gasteiger partial charge in [0.05, 0.1) is 0 Å². The minimum Gasteiger partial charge on any atom is -0.352 e. The van der Waals surface area contributed by atoms with Gasteiger partial charge in [-0.05, 0) is 31.4 Å². The van der Waals surface area contributed by atoms with Crippen molar-refractivity contribution in [3.63, 3.8) is 0 Å². The summed E-state index contributed by atoms with van der Waals surface area (Å²) in [6, 6.07) is 10.8. The molecule has 1 saturated heterocycles. The maximum atomic E-state index is 12.4. The molecule has 0 bridgehead atoms. The van der Waals surface area contributed by atoms with E-state index in [0.29, 0.717) is 24.5 Å². The number of amides is 1. The molecule has 146 valence electrons. The van der Waals surface area contributed by atoms with Gasteiger partial charge in [0.25, 0.3) is 11.5 Å². The minimum absolute atomic E-state index is 0.0501. The van der Waals surface area contributed by atoms with E-state index >= 15 is 0 Å². The number of nitriles is 1. The van der Waals surface area contributed by atoms with Crippen molar-refractivity contribution in [1.29, 1.82) is 5.26 Å². The smallest absolute Gasteiger partial charge is 0.332 e. The summed E-state index contributed by atoms with van der Waals surface area (Å²) in [5, 5.41) is 12.5. The number of benzene rings is 1. The van der Waals surface area contributed by atoms with Crippen molar-refractivity contribution in [3.8, 4) is 6.07 Å². The number of carbonyl (C=O) groups excluding carboxylic acids is 1. The molecule has 1 aliphatic heterocycles. The van der Waals surface area contributed by atoms with Crippen molar-refractivity contribution in [2.45, 2.75) is 25.3 Å². The molecule has 1 fully saturated rings. The predicted molar refractivity (Wildman–Crippen MR) is 105 cm³/mol. The lowest BCUT2D eigenvalue weighted by molar-refractivity contribution is 0.0949. The first-order chi connectivity index (χ1) is 13.5. The zero-order chi connectivity index (χ0) is 20.3. The van der Waals surface area contributed by atoms with Crippen molar-refractivity contribution in [1.82, 2.24) is 14.5 Å². The number of nitrogens with zero attached hydrogens (tertiary/aromatic N) is 4. The molecule has 0 spiro atoms. The van der Waals surface area contributed by atoms with Crippen molar-refractivity contribution >= 4 is 11.7 Å². The summed E-state index contributed by atoms with van der Waals surface area (Å²) >= 11 is 0. The number of anilines is 1. The Morgan fingerprint density at radius 2 is 1.89 bits per heavy atom. The van der Waals surface area contributed by atoms with E-state index < -0.39 is 11.2 Å². The zero-order valence-corrected chi connectivity index (χ0v) is 16.0. The summed E-state index contributed by atoms with van der Waals surface area (Å²) in [5.41, 5.74) is -0.552. The van der Waals surface area contributed by atoms with E-state index in [-0.39, 0.29) is 17.5 Å². The molecular formula is C20H23N5O3. The molecule has 0 unspecified atom stereocenters. The van der Waals surface area contributed by atoms with Gasteiger partial charge in [-0.25, -0.2) is 4.79 Å². The first kappa shape index (κ1) is 19.4. The zero-order valence-electron chi connectivity index (χ0n) is 16.0. The molecule has 2 aromatic rings. The van der Waals surface area contributed by atoms with Gasteiger partial charge in [-0.1, -0.05) is 18.2 Å². The Morgan fingerprint density at radius 3 is 2.57 bits per heavy atom. The maximum absolute atomic E-state index is 12.4. The predicted octanol–water partition coefficient (Wildman–Crippen LogP) is 0.745. The molecular weight excluding hydrogens is 358 g/mol. The average Bonchev–Trinajstić information content (AvgIpc) is 2.74. The fourth-order valence-electron chi connectivity index (χ4n) is 3.66. The molecule has 0 saturated carbocycles. The summed E-state index contributed by atoms with van der Waals surface area (Å²) in [7, 11) is 2.93. The van der Waals surface area contributed by atoms with Crippen LogP contribution in [0.1, 0.15) is 35.2 Å². The average molecular weight is 381 g/mol. The highest BCUT2D eigenvalue weighted by Gasteiger charge is 2.29. The van der Waals surface area contributed by atoms with E-state index in [1.807, 2.05) is 17.0 Å². The van der Waals surface area contributed by atoms with Crippen LogP contribution in [0.2, 0.25) is 0 Å². The summed E-state index contributed by atoms with van der Waals surface area (Å²) in [4.78, 5) is 39.1. The van der Waals surface area contributed by atoms with E-state index in [0.717, 1.165) is 23.8 Å². The SMILES string of the molecule is Cn1c(N2CCCC[C@H]2CNC(=O)c2ccccc2)c(C#N)c(=O)n(C)c1=O. The van der Waals surface area contributed by atoms with Crippen LogP contribution in [-0.2, 0) is 14.1 Å². The summed E-state index contributed by atoms with van der Waals surface area (Å²) in [6.45, 7) is 0.975. The largest absolute Gasteiger partial charge is 0.352 e. The molecule has 2 heterocycles. The lowest BCUT2D eigenvalue weighted by Gasteiger charge is -2.38. The minimum atomic E-state index is -0.599. The van der Waals surface area contributed by atoms with Gasteiger partial charge < -0.3 is 10.2 Å². The van der Waals surface area contributed by atoms with Gasteiger partial charge in [0, 0.05) is 38.8 Å². The summed E-state index contributed by atoms with van der Waals surface area (Å²) < 4.78 is 2.29. The summed E-state index contributed by atoms with van der Waals surface area (Å²) in [6.07, 6.45) is 2.66. The molecule has 1 amide bonds. The Kier molecular flexibility index (Phi) is 5.64. The Hall–Kier alpha value is -3.34. The number of hydrogen-bond donors (Lipinski definition) is 1. The molecule has 1 N–H and O–H groups in total. The summed E-state index contributed by atoms with van der Waals surface area (Å²) in [5.74, 6) is 0.152. The van der Waals surface area contributed by atoms with Crippen molar-refractivity contribution < 1.29 is 4.79 Å². The maximum Gasteiger partial charge on any atom is 0.332 e. The first-order valence-corrected chi connectivity index (χ1v) is 9.25. The molecule has 1 atom stereocenters. The van der Waals surface area contributed by atoms with Crippen molar-refractivity contribution in [2.24, 2.45) is 14.1 Å². The fraction of sp³-hybridized carbons (Fsp3) is 0.400. The van der Waals surface area contributed by atoms with Gasteiger partial charge in [0.15, 0.2) is 5.56 Å². The molecule has 8 nitrogen and oxygen atoms in total. The van der Waals surface area contributed by atoms with Crippen LogP contribution in [0.15, 0.2) is 39.9 Å². The van der Waals surface area contributed by atoms with E-state index in [2.05, 4.69) is 5.32 Å². The van der Waals surface area contributed by atoms with Gasteiger partial charge in [0.2, 0.25) is 0 Å². The Bertz CT molecular complexity index is 1030. The second kappa shape index (κ2) is 8.13. The van der Waals surface area contributed by atoms with E-state index in [9.17, 15) is 19.6 Å². The van der Waals surface area contributed by atoms with Crippen molar-refractivity contribution in [3.05, 3.63) is 62.3 Å². The van der Waals surface area contributed by atoms with E-state index in [1.165, 1.54) is 11.6 Å². The van der Waals surface area contributed by atoms with Crippen LogP contribution in [0.3, 0.4) is 0 Å². The van der Waals surface area contributed by atoms with E-state index in [4.69, 9.17) is 0 Å². The third-order valence-corrected chi connectivity index (χ3v) is 5.18. The van der Waals surface area contributed by atoms with Crippen LogP contribution in [0.25, 0.3) is 0 Å². The quantitative estimate of drug-likeness (QED) is 0.842. The third kappa shape index (κ3) is 3.56. The standard InChI is InChI=1S/C20H23N5O3/c1-23-18(16(12-21)19(27)24(2)20(23)28)25-11-7-6-10-15(25)13-22-17(26)14-8-4-3-5-9-14/h3-5,8-9,15H,6-7,10-11,13H2,1-2H3,(H,22,26)/t15-/m0/s1. The lowest BCUT2D eigenvalue weighted by atomic mass is 10.0. The highest BCUT2D eigenvalue weighted by atomic mass is 16.2. The number of nitrogens with one attached hydrogen (secondary N) is 1. The second-order valence-electron chi connectivity index (χ2n) is 6.94. The van der Waals surface area contributed by atoms with E-state index in [1.54, 1.807) is 31.3 Å². The Labute approximate surface area is 162 Å². The van der Waals surface area contributed by atoms with Gasteiger partial charge in [0.1, 0.15) is 11.9 Å². The molecule has 0 radical (unpaired) electrons. The van der Waals surface area contributed by atoms with Crippen LogP contribution >= 0.6 is 0 Å². The molecule has 1 aromatic carbocycles. The van der Waals surface area contributed by atoms with Crippen LogP contribution < -0.4 is 21.5 Å². The number of aromatic nitrogens is 2. The van der Waals surface area contributed by atoms with Crippen LogP contribution in [0.5, 0.6) is 0 Å². The van der Waals surface area contributed by atoms with Gasteiger partial charge in [-0.3, -0.25) is 18.7 Å². The van der Waals surface area contributed by atoms with Gasteiger partial charge in [-0.2, -0.15) is 5.26 Å². The number of carbonyl (C=O) groups is 1. The molecule has 3 rings (SSSR count). The Morgan fingerprint density at radius 1 is 1.18 bits per heavy atom. The molecule has 28 heavy (non-hydrogen) atoms. The second-order valence-corrected chi connectivity index (χ2v) is 6.94. The molecule has 1 aliphatic rings. The third-order valence-electron chi connectivity index (χ3n) is 5.18. The van der Waals surface area contributed by atoms with Gasteiger partial charge in [-0.15, -0.1) is 0 Å². The lowest BCUT2D eigenvalue weighted by Crippen LogP contribution is -2.51. The van der Waals surface area contributed by atoms with Crippen LogP contribution in [0.4, 0.5) is 5.82 Å². The monoisotopic (exact) mass is 381 g/mol. The normalized spacial score (nSPS) is 16.5. The molecule has 8 heteroatoms. The first-order valence-electron chi connectivity index (χ1n) is 9.25. The van der Waals surface area contributed by atoms with Gasteiger partial charge >= 0.3 is 5.69 Å². The van der Waals surface area contributed by atoms with Crippen LogP contribution in [0, 0.1) is 11.3 Å². The topological polar surface area (TPSA) is 100 Å². The highest BCUT2D eigenvalue weighted by Crippen LogP contribution is 2.25. The number of hydrogen-bond acceptors (Lipinski definition) is 5. The molecule has 1 aromatic heterocycles.